The van der Waals surface area contributed by atoms with E-state index < -0.39 is 10.0 Å². The summed E-state index contributed by atoms with van der Waals surface area (Å²) in [7, 11) is -3.18. The van der Waals surface area contributed by atoms with Gasteiger partial charge in [-0.1, -0.05) is 0 Å². The van der Waals surface area contributed by atoms with Crippen molar-refractivity contribution in [2.45, 2.75) is 56.7 Å². The van der Waals surface area contributed by atoms with Crippen molar-refractivity contribution in [1.82, 2.24) is 14.1 Å². The summed E-state index contributed by atoms with van der Waals surface area (Å²) in [5, 5.41) is -0.248. The van der Waals surface area contributed by atoms with Crippen molar-refractivity contribution < 1.29 is 8.42 Å². The Balaban J connectivity index is 1.98. The van der Waals surface area contributed by atoms with E-state index in [0.717, 1.165) is 26.1 Å². The van der Waals surface area contributed by atoms with Crippen LogP contribution >= 0.6 is 12.6 Å². The van der Waals surface area contributed by atoms with Crippen LogP contribution < -0.4 is 0 Å². The zero-order valence-corrected chi connectivity index (χ0v) is 16.3. The molecule has 0 aromatic carbocycles. The number of nitrogens with zero attached hydrogens (tertiary/aromatic N) is 3. The van der Waals surface area contributed by atoms with Gasteiger partial charge in [-0.25, -0.2) is 8.42 Å². The molecule has 7 heteroatoms. The second-order valence-electron chi connectivity index (χ2n) is 7.95. The second kappa shape index (κ2) is 6.24. The summed E-state index contributed by atoms with van der Waals surface area (Å²) in [6.45, 7) is 14.8. The highest BCUT2D eigenvalue weighted by Crippen LogP contribution is 2.28. The quantitative estimate of drug-likeness (QED) is 0.784. The van der Waals surface area contributed by atoms with Crippen molar-refractivity contribution in [2.75, 3.05) is 39.3 Å². The van der Waals surface area contributed by atoms with Crippen LogP contribution in [-0.4, -0.2) is 77.5 Å². The van der Waals surface area contributed by atoms with Gasteiger partial charge in [0.1, 0.15) is 0 Å². The van der Waals surface area contributed by atoms with Crippen LogP contribution in [0.15, 0.2) is 0 Å². The van der Waals surface area contributed by atoms with Crippen LogP contribution in [-0.2, 0) is 10.0 Å². The van der Waals surface area contributed by atoms with Crippen molar-refractivity contribution >= 4 is 22.7 Å². The topological polar surface area (TPSA) is 43.9 Å². The molecule has 5 nitrogen and oxygen atoms in total. The Morgan fingerprint density at radius 1 is 0.909 bits per heavy atom. The lowest BCUT2D eigenvalue weighted by molar-refractivity contribution is 0.136. The number of sulfonamides is 1. The van der Waals surface area contributed by atoms with Gasteiger partial charge in [0.2, 0.25) is 10.0 Å². The summed E-state index contributed by atoms with van der Waals surface area (Å²) >= 11 is 4.58. The fraction of sp³-hybridized carbons (Fsp3) is 1.00. The van der Waals surface area contributed by atoms with E-state index in [1.165, 1.54) is 0 Å². The Morgan fingerprint density at radius 2 is 1.45 bits per heavy atom. The molecule has 130 valence electrons. The Hall–Kier alpha value is 0.180. The van der Waals surface area contributed by atoms with Crippen LogP contribution in [0.5, 0.6) is 0 Å². The molecule has 1 unspecified atom stereocenters. The van der Waals surface area contributed by atoms with E-state index in [1.54, 1.807) is 4.31 Å². The third kappa shape index (κ3) is 3.98. The molecular formula is C15H31N3O2S2. The van der Waals surface area contributed by atoms with Crippen molar-refractivity contribution in [2.24, 2.45) is 0 Å². The van der Waals surface area contributed by atoms with Gasteiger partial charge in [-0.2, -0.15) is 16.9 Å². The first-order valence-electron chi connectivity index (χ1n) is 8.14. The lowest BCUT2D eigenvalue weighted by atomic mass is 10.1. The van der Waals surface area contributed by atoms with Gasteiger partial charge in [0.05, 0.1) is 10.1 Å². The zero-order valence-electron chi connectivity index (χ0n) is 14.5. The lowest BCUT2D eigenvalue weighted by Crippen LogP contribution is -2.55. The van der Waals surface area contributed by atoms with Gasteiger partial charge < -0.3 is 0 Å². The van der Waals surface area contributed by atoms with Crippen LogP contribution in [0.1, 0.15) is 41.0 Å². The molecule has 0 saturated carbocycles. The molecular weight excluding hydrogens is 318 g/mol. The van der Waals surface area contributed by atoms with Crippen molar-refractivity contribution in [3.05, 3.63) is 0 Å². The van der Waals surface area contributed by atoms with Crippen molar-refractivity contribution in [3.63, 3.8) is 0 Å². The third-order valence-electron chi connectivity index (χ3n) is 4.89. The van der Waals surface area contributed by atoms with Gasteiger partial charge in [-0.3, -0.25) is 9.80 Å². The molecule has 0 spiro atoms. The van der Waals surface area contributed by atoms with Gasteiger partial charge in [0.15, 0.2) is 0 Å². The molecule has 0 amide bonds. The molecule has 0 N–H and O–H groups in total. The van der Waals surface area contributed by atoms with E-state index >= 15 is 0 Å². The van der Waals surface area contributed by atoms with Crippen molar-refractivity contribution in [1.29, 1.82) is 0 Å². The normalized spacial score (nSPS) is 27.5. The average Bonchev–Trinajstić information content (AvgIpc) is 2.88. The molecule has 2 heterocycles. The highest BCUT2D eigenvalue weighted by Gasteiger charge is 2.41. The summed E-state index contributed by atoms with van der Waals surface area (Å²) in [6, 6.07) is 0. The Morgan fingerprint density at radius 3 is 1.86 bits per heavy atom. The maximum Gasteiger partial charge on any atom is 0.218 e. The average molecular weight is 350 g/mol. The largest absolute Gasteiger partial charge is 0.297 e. The smallest absolute Gasteiger partial charge is 0.218 e. The molecule has 22 heavy (non-hydrogen) atoms. The minimum absolute atomic E-state index is 0.0407. The Bertz CT molecular complexity index is 486. The summed E-state index contributed by atoms with van der Waals surface area (Å²) in [5.41, 5.74) is 0.0407. The molecule has 1 atom stereocenters. The molecule has 0 aromatic rings. The Labute approximate surface area is 141 Å². The van der Waals surface area contributed by atoms with Gasteiger partial charge in [0.25, 0.3) is 0 Å². The molecule has 2 aliphatic heterocycles. The molecule has 2 saturated heterocycles. The first-order valence-corrected chi connectivity index (χ1v) is 10.1. The molecule has 2 fully saturated rings. The number of piperazine rings is 1. The Kier molecular flexibility index (Phi) is 5.25. The summed E-state index contributed by atoms with van der Waals surface area (Å²) in [6.07, 6.45) is 0.748. The van der Waals surface area contributed by atoms with Crippen LogP contribution in [0.25, 0.3) is 0 Å². The fourth-order valence-corrected chi connectivity index (χ4v) is 5.35. The second-order valence-corrected chi connectivity index (χ2v) is 11.3. The van der Waals surface area contributed by atoms with Crippen LogP contribution in [0, 0.1) is 0 Å². The van der Waals surface area contributed by atoms with Gasteiger partial charge in [-0.05, 0) is 41.0 Å². The molecule has 2 aliphatic rings. The first-order chi connectivity index (χ1) is 9.92. The van der Waals surface area contributed by atoms with E-state index in [0.29, 0.717) is 19.6 Å². The standard InChI is InChI=1S/C15H31N3O2S2/c1-14(2,3)17-7-6-13(12-17)22(19,20)18-10-8-16(9-11-18)15(4,5)21/h13,21H,6-12H2,1-5H3. The summed E-state index contributed by atoms with van der Waals surface area (Å²) < 4.78 is 27.5. The molecule has 0 aromatic heterocycles. The van der Waals surface area contributed by atoms with E-state index in [1.807, 2.05) is 0 Å². The molecule has 0 radical (unpaired) electrons. The third-order valence-corrected chi connectivity index (χ3v) is 7.48. The highest BCUT2D eigenvalue weighted by atomic mass is 32.2. The van der Waals surface area contributed by atoms with Crippen molar-refractivity contribution in [3.8, 4) is 0 Å². The van der Waals surface area contributed by atoms with E-state index in [2.05, 4.69) is 57.0 Å². The SMILES string of the molecule is CC(C)(C)N1CCC(S(=O)(=O)N2CCN(C(C)(C)S)CC2)C1. The predicted molar refractivity (Wildman–Crippen MR) is 94.9 cm³/mol. The van der Waals surface area contributed by atoms with Crippen LogP contribution in [0.3, 0.4) is 0 Å². The maximum absolute atomic E-state index is 12.9. The van der Waals surface area contributed by atoms with Gasteiger partial charge in [0, 0.05) is 44.8 Å². The minimum atomic E-state index is -3.18. The van der Waals surface area contributed by atoms with Gasteiger partial charge in [-0.15, -0.1) is 0 Å². The number of hydrogen-bond donors (Lipinski definition) is 1. The predicted octanol–water partition coefficient (Wildman–Crippen LogP) is 1.47. The van der Waals surface area contributed by atoms with E-state index in [9.17, 15) is 8.42 Å². The summed E-state index contributed by atoms with van der Waals surface area (Å²) in [5.74, 6) is 0. The zero-order chi connectivity index (χ0) is 16.8. The maximum atomic E-state index is 12.9. The van der Waals surface area contributed by atoms with Gasteiger partial charge >= 0.3 is 0 Å². The highest BCUT2D eigenvalue weighted by molar-refractivity contribution is 7.89. The lowest BCUT2D eigenvalue weighted by Gasteiger charge is -2.41. The first kappa shape index (κ1) is 18.5. The number of rotatable bonds is 3. The summed E-state index contributed by atoms with van der Waals surface area (Å²) in [4.78, 5) is 4.33. The monoisotopic (exact) mass is 349 g/mol. The minimum Gasteiger partial charge on any atom is -0.297 e. The molecule has 0 aliphatic carbocycles. The fourth-order valence-electron chi connectivity index (χ4n) is 3.28. The van der Waals surface area contributed by atoms with E-state index in [-0.39, 0.29) is 15.7 Å². The number of likely N-dealkylation sites (tertiary alicyclic amines) is 1. The molecule has 0 bridgehead atoms. The number of hydrogen-bond acceptors (Lipinski definition) is 5. The van der Waals surface area contributed by atoms with Crippen LogP contribution in [0.4, 0.5) is 0 Å². The number of thiol groups is 1. The van der Waals surface area contributed by atoms with Crippen LogP contribution in [0.2, 0.25) is 0 Å². The van der Waals surface area contributed by atoms with E-state index in [4.69, 9.17) is 0 Å². The molecule has 2 rings (SSSR count).